The molecule has 3 aromatic carbocycles. The van der Waals surface area contributed by atoms with E-state index in [0.717, 1.165) is 0 Å². The Hall–Kier alpha value is -4.22. The van der Waals surface area contributed by atoms with Gasteiger partial charge in [0.2, 0.25) is 17.7 Å². The molecule has 37 heavy (non-hydrogen) atoms. The van der Waals surface area contributed by atoms with E-state index in [1.807, 2.05) is 31.2 Å². The number of hydrogen-bond donors (Lipinski definition) is 1. The summed E-state index contributed by atoms with van der Waals surface area (Å²) >= 11 is 0. The van der Waals surface area contributed by atoms with Crippen LogP contribution in [0.3, 0.4) is 0 Å². The molecule has 0 spiro atoms. The predicted molar refractivity (Wildman–Crippen MR) is 135 cm³/mol. The van der Waals surface area contributed by atoms with Gasteiger partial charge in [-0.2, -0.15) is 5.26 Å². The first-order chi connectivity index (χ1) is 17.8. The fourth-order valence-electron chi connectivity index (χ4n) is 6.48. The molecule has 3 amide bonds. The van der Waals surface area contributed by atoms with Crippen LogP contribution >= 0.6 is 0 Å². The summed E-state index contributed by atoms with van der Waals surface area (Å²) in [6.07, 6.45) is 1.79. The van der Waals surface area contributed by atoms with Gasteiger partial charge in [-0.05, 0) is 56.2 Å². The van der Waals surface area contributed by atoms with Gasteiger partial charge >= 0.3 is 0 Å². The van der Waals surface area contributed by atoms with Gasteiger partial charge in [0, 0.05) is 22.8 Å². The molecule has 3 aliphatic heterocycles. The highest BCUT2D eigenvalue weighted by Crippen LogP contribution is 2.62. The van der Waals surface area contributed by atoms with Crippen LogP contribution < -0.4 is 15.4 Å². The minimum atomic E-state index is -0.795. The van der Waals surface area contributed by atoms with Gasteiger partial charge in [-0.15, -0.1) is 0 Å². The van der Waals surface area contributed by atoms with Gasteiger partial charge in [-0.1, -0.05) is 24.3 Å². The molecule has 8 nitrogen and oxygen atoms in total. The van der Waals surface area contributed by atoms with Crippen molar-refractivity contribution in [2.75, 3.05) is 11.5 Å². The van der Waals surface area contributed by atoms with Gasteiger partial charge in [-0.25, -0.2) is 4.90 Å². The fraction of sp³-hybridized carbons (Fsp3) is 0.310. The number of benzene rings is 3. The highest BCUT2D eigenvalue weighted by molar-refractivity contribution is 6.26. The zero-order chi connectivity index (χ0) is 25.9. The number of nitrogens with two attached hydrogens (primary N) is 1. The van der Waals surface area contributed by atoms with Crippen molar-refractivity contribution >= 4 is 34.2 Å². The van der Waals surface area contributed by atoms with Crippen LogP contribution in [0, 0.1) is 23.2 Å². The topological polar surface area (TPSA) is 123 Å². The van der Waals surface area contributed by atoms with Crippen LogP contribution in [0.4, 0.5) is 5.69 Å². The summed E-state index contributed by atoms with van der Waals surface area (Å²) in [6.45, 7) is 2.21. The summed E-state index contributed by atoms with van der Waals surface area (Å²) in [7, 11) is 0. The Morgan fingerprint density at radius 3 is 2.46 bits per heavy atom. The maximum atomic E-state index is 13.9. The number of primary amides is 1. The van der Waals surface area contributed by atoms with Crippen LogP contribution in [0.1, 0.15) is 42.1 Å². The Bertz CT molecular complexity index is 1510. The second kappa shape index (κ2) is 8.15. The van der Waals surface area contributed by atoms with Gasteiger partial charge in [0.15, 0.2) is 0 Å². The summed E-state index contributed by atoms with van der Waals surface area (Å²) in [5.41, 5.74) is 5.17. The zero-order valence-corrected chi connectivity index (χ0v) is 20.3. The number of carbonyl (C=O) groups is 3. The first-order valence-electron chi connectivity index (χ1n) is 12.3. The van der Waals surface area contributed by atoms with E-state index >= 15 is 0 Å². The fourth-order valence-corrected chi connectivity index (χ4v) is 6.48. The molecule has 3 fully saturated rings. The molecule has 4 atom stereocenters. The molecule has 8 heteroatoms. The highest BCUT2D eigenvalue weighted by Gasteiger charge is 2.73. The second-order valence-corrected chi connectivity index (χ2v) is 10.2. The van der Waals surface area contributed by atoms with Crippen molar-refractivity contribution < 1.29 is 23.9 Å². The van der Waals surface area contributed by atoms with Crippen LogP contribution in [-0.2, 0) is 14.3 Å². The molecular formula is C29H25N3O5. The molecule has 0 aromatic heterocycles. The van der Waals surface area contributed by atoms with Gasteiger partial charge < -0.3 is 15.2 Å². The normalized spacial score (nSPS) is 27.9. The Morgan fingerprint density at radius 1 is 1.05 bits per heavy atom. The smallest absolute Gasteiger partial charge is 0.248 e. The number of rotatable bonds is 6. The van der Waals surface area contributed by atoms with Gasteiger partial charge in [0.25, 0.3) is 0 Å². The molecule has 6 rings (SSSR count). The number of nitrogens with zero attached hydrogens (tertiary/aromatic N) is 2. The van der Waals surface area contributed by atoms with E-state index in [-0.39, 0.29) is 18.4 Å². The Kier molecular flexibility index (Phi) is 5.11. The maximum absolute atomic E-state index is 13.9. The van der Waals surface area contributed by atoms with Gasteiger partial charge in [0.1, 0.15) is 5.75 Å². The van der Waals surface area contributed by atoms with Crippen molar-refractivity contribution in [1.29, 1.82) is 5.26 Å². The van der Waals surface area contributed by atoms with Crippen molar-refractivity contribution in [3.8, 4) is 11.8 Å². The molecule has 0 aliphatic carbocycles. The van der Waals surface area contributed by atoms with E-state index in [9.17, 15) is 19.6 Å². The third-order valence-corrected chi connectivity index (χ3v) is 8.21. The monoisotopic (exact) mass is 495 g/mol. The molecule has 2 bridgehead atoms. The standard InChI is InChI=1S/C29H25N3O5/c1-28-12-13-29(37-28,14-15-36-19-9-6-17(7-10-19)25(31)33)24-23(28)26(34)32(27(24)35)22-11-8-18(16-30)20-4-2-3-5-21(20)22/h2-11,23-24H,12-15H2,1H3,(H2,31,33)/t23-,24+,28-,29-/m1/s1. The first-order valence-corrected chi connectivity index (χ1v) is 12.3. The minimum Gasteiger partial charge on any atom is -0.493 e. The average Bonchev–Trinajstić information content (AvgIpc) is 3.48. The van der Waals surface area contributed by atoms with Gasteiger partial charge in [-0.3, -0.25) is 14.4 Å². The van der Waals surface area contributed by atoms with Crippen LogP contribution in [0.15, 0.2) is 60.7 Å². The number of amides is 3. The van der Waals surface area contributed by atoms with E-state index in [4.69, 9.17) is 15.2 Å². The molecule has 186 valence electrons. The third kappa shape index (κ3) is 3.35. The molecule has 0 unspecified atom stereocenters. The molecule has 0 saturated carbocycles. The van der Waals surface area contributed by atoms with Crippen LogP contribution in [0.2, 0.25) is 0 Å². The van der Waals surface area contributed by atoms with Crippen LogP contribution in [0.25, 0.3) is 10.8 Å². The number of hydrogen-bond acceptors (Lipinski definition) is 6. The molecule has 3 saturated heterocycles. The number of imide groups is 1. The third-order valence-electron chi connectivity index (χ3n) is 8.21. The maximum Gasteiger partial charge on any atom is 0.248 e. The van der Waals surface area contributed by atoms with Crippen LogP contribution in [0.5, 0.6) is 5.75 Å². The quantitative estimate of drug-likeness (QED) is 0.520. The minimum absolute atomic E-state index is 0.253. The molecule has 2 N–H and O–H groups in total. The summed E-state index contributed by atoms with van der Waals surface area (Å²) in [4.78, 5) is 40.4. The van der Waals surface area contributed by atoms with E-state index in [0.29, 0.717) is 52.6 Å². The van der Waals surface area contributed by atoms with E-state index in [2.05, 4.69) is 6.07 Å². The van der Waals surface area contributed by atoms with Crippen molar-refractivity contribution in [2.45, 2.75) is 37.4 Å². The molecular weight excluding hydrogens is 470 g/mol. The lowest BCUT2D eigenvalue weighted by atomic mass is 9.67. The molecule has 3 aromatic rings. The number of nitriles is 1. The summed E-state index contributed by atoms with van der Waals surface area (Å²) in [5.74, 6) is -1.62. The van der Waals surface area contributed by atoms with E-state index in [1.54, 1.807) is 36.4 Å². The lowest BCUT2D eigenvalue weighted by molar-refractivity contribution is -0.131. The zero-order valence-electron chi connectivity index (χ0n) is 20.3. The highest BCUT2D eigenvalue weighted by atomic mass is 16.5. The van der Waals surface area contributed by atoms with Crippen LogP contribution in [-0.4, -0.2) is 35.5 Å². The molecule has 3 heterocycles. The van der Waals surface area contributed by atoms with Crippen molar-refractivity contribution in [3.05, 3.63) is 71.8 Å². The number of ether oxygens (including phenoxy) is 2. The second-order valence-electron chi connectivity index (χ2n) is 10.2. The average molecular weight is 496 g/mol. The lowest BCUT2D eigenvalue weighted by Crippen LogP contribution is -2.43. The van der Waals surface area contributed by atoms with Crippen molar-refractivity contribution in [1.82, 2.24) is 0 Å². The Morgan fingerprint density at radius 2 is 1.76 bits per heavy atom. The van der Waals surface area contributed by atoms with E-state index < -0.39 is 28.9 Å². The first kappa shape index (κ1) is 23.2. The van der Waals surface area contributed by atoms with Crippen molar-refractivity contribution in [3.63, 3.8) is 0 Å². The number of anilines is 1. The van der Waals surface area contributed by atoms with E-state index in [1.165, 1.54) is 4.90 Å². The SMILES string of the molecule is C[C@]12CC[C@](CCOc3ccc(C(N)=O)cc3)(O1)[C@@H]1C(=O)N(c3ccc(C#N)c4ccccc34)C(=O)[C@@H]12. The number of carbonyl (C=O) groups excluding carboxylic acids is 3. The Balaban J connectivity index is 1.29. The lowest BCUT2D eigenvalue weighted by Gasteiger charge is -2.31. The summed E-state index contributed by atoms with van der Waals surface area (Å²) in [6, 6.07) is 19.4. The number of fused-ring (bicyclic) bond motifs is 6. The largest absolute Gasteiger partial charge is 0.493 e. The molecule has 3 aliphatic rings. The molecule has 0 radical (unpaired) electrons. The van der Waals surface area contributed by atoms with Gasteiger partial charge in [0.05, 0.1) is 47.0 Å². The summed E-state index contributed by atoms with van der Waals surface area (Å²) in [5, 5.41) is 10.9. The van der Waals surface area contributed by atoms with Crippen molar-refractivity contribution in [2.24, 2.45) is 17.6 Å². The predicted octanol–water partition coefficient (Wildman–Crippen LogP) is 3.71. The Labute approximate surface area is 213 Å². The summed E-state index contributed by atoms with van der Waals surface area (Å²) < 4.78 is 12.4.